The van der Waals surface area contributed by atoms with Crippen molar-refractivity contribution < 1.29 is 27.8 Å². The van der Waals surface area contributed by atoms with E-state index >= 15 is 0 Å². The number of rotatable bonds is 4. The molecule has 0 amide bonds. The van der Waals surface area contributed by atoms with E-state index in [1.165, 1.54) is 19.1 Å². The predicted molar refractivity (Wildman–Crippen MR) is 95.1 cm³/mol. The first-order valence-electron chi connectivity index (χ1n) is 7.80. The monoisotopic (exact) mass is 452 g/mol. The quantitative estimate of drug-likeness (QED) is 0.600. The van der Waals surface area contributed by atoms with Gasteiger partial charge in [-0.1, -0.05) is 0 Å². The molecule has 0 aliphatic heterocycles. The van der Waals surface area contributed by atoms with Gasteiger partial charge in [-0.05, 0) is 0 Å². The number of nitriles is 1. The first-order chi connectivity index (χ1) is 13.2. The molecule has 0 saturated heterocycles. The zero-order chi connectivity index (χ0) is 20.5. The molecule has 3 rings (SSSR count). The standard InChI is InChI=1S/C19H11F3N2O3Se/c1-10-16(18(25)26)28-17(24-10)13-8-7-12(11-5-3-2-4-6-11)14(9-23)15(13)27-19(20,21)22/h2-8H,1H3,(H,25,26). The number of carbonyl (C=O) groups is 1. The molecule has 0 aliphatic rings. The van der Waals surface area contributed by atoms with E-state index in [9.17, 15) is 28.3 Å². The average Bonchev–Trinajstić information content (AvgIpc) is 3.02. The minimum atomic E-state index is -5.03. The average molecular weight is 451 g/mol. The van der Waals surface area contributed by atoms with Gasteiger partial charge in [0.05, 0.1) is 0 Å². The summed E-state index contributed by atoms with van der Waals surface area (Å²) in [6.45, 7) is 1.48. The molecule has 3 aromatic rings. The predicted octanol–water partition coefficient (Wildman–Crippen LogP) is 4.25. The molecule has 0 bridgehead atoms. The third-order valence-corrected chi connectivity index (χ3v) is 6.27. The van der Waals surface area contributed by atoms with E-state index in [-0.39, 0.29) is 31.4 Å². The van der Waals surface area contributed by atoms with Gasteiger partial charge in [-0.15, -0.1) is 0 Å². The van der Waals surface area contributed by atoms with Gasteiger partial charge in [-0.3, -0.25) is 0 Å². The Morgan fingerprint density at radius 2 is 1.82 bits per heavy atom. The Kier molecular flexibility index (Phi) is 5.27. The summed E-state index contributed by atoms with van der Waals surface area (Å²) in [7, 11) is 0. The Balaban J connectivity index is 2.27. The van der Waals surface area contributed by atoms with Gasteiger partial charge in [-0.2, -0.15) is 0 Å². The molecule has 1 N–H and O–H groups in total. The van der Waals surface area contributed by atoms with Crippen molar-refractivity contribution in [2.24, 2.45) is 0 Å². The minimum absolute atomic E-state index is 0.0378. The Bertz CT molecular complexity index is 1090. The van der Waals surface area contributed by atoms with Crippen molar-refractivity contribution in [2.45, 2.75) is 13.3 Å². The molecule has 0 fully saturated rings. The molecule has 0 saturated carbocycles. The van der Waals surface area contributed by atoms with Crippen LogP contribution < -0.4 is 4.74 Å². The Morgan fingerprint density at radius 1 is 1.18 bits per heavy atom. The Labute approximate surface area is 163 Å². The summed E-state index contributed by atoms with van der Waals surface area (Å²) >= 11 is -0.819. The summed E-state index contributed by atoms with van der Waals surface area (Å²) in [6.07, 6.45) is -5.03. The number of alkyl halides is 3. The molecule has 5 nitrogen and oxygen atoms in total. The molecule has 1 aromatic heterocycles. The second-order valence-electron chi connectivity index (χ2n) is 5.63. The van der Waals surface area contributed by atoms with Crippen LogP contribution in [-0.2, 0) is 0 Å². The number of carboxylic acids is 1. The normalized spacial score (nSPS) is 11.1. The van der Waals surface area contributed by atoms with Gasteiger partial charge in [0, 0.05) is 0 Å². The van der Waals surface area contributed by atoms with Crippen molar-refractivity contribution in [3.8, 4) is 33.1 Å². The van der Waals surface area contributed by atoms with Crippen molar-refractivity contribution in [3.05, 3.63) is 58.2 Å². The molecule has 9 heteroatoms. The fourth-order valence-corrected chi connectivity index (χ4v) is 4.60. The summed E-state index contributed by atoms with van der Waals surface area (Å²) < 4.78 is 43.6. The van der Waals surface area contributed by atoms with Crippen molar-refractivity contribution >= 4 is 20.5 Å². The summed E-state index contributed by atoms with van der Waals surface area (Å²) in [5.74, 6) is -1.84. The van der Waals surface area contributed by atoms with Crippen LogP contribution in [-0.4, -0.2) is 36.9 Å². The SMILES string of the molecule is Cc1nc(-c2ccc(-c3ccccc3)c(C#N)c2OC(F)(F)F)[se]c1C(=O)O. The molecule has 0 radical (unpaired) electrons. The van der Waals surface area contributed by atoms with Gasteiger partial charge in [0.2, 0.25) is 0 Å². The summed E-state index contributed by atoms with van der Waals surface area (Å²) in [5, 5.41) is 18.8. The first kappa shape index (κ1) is 19.7. The van der Waals surface area contributed by atoms with Crippen molar-refractivity contribution in [1.82, 2.24) is 4.98 Å². The maximum atomic E-state index is 13.1. The number of aromatic carboxylic acids is 1. The van der Waals surface area contributed by atoms with Gasteiger partial charge in [0.25, 0.3) is 0 Å². The van der Waals surface area contributed by atoms with Crippen LogP contribution in [0.15, 0.2) is 42.5 Å². The van der Waals surface area contributed by atoms with E-state index in [1.54, 1.807) is 36.4 Å². The van der Waals surface area contributed by atoms with Gasteiger partial charge in [0.15, 0.2) is 0 Å². The number of ether oxygens (including phenoxy) is 1. The van der Waals surface area contributed by atoms with Crippen molar-refractivity contribution in [3.63, 3.8) is 0 Å². The number of benzene rings is 2. The molecule has 28 heavy (non-hydrogen) atoms. The van der Waals surface area contributed by atoms with Crippen molar-refractivity contribution in [2.75, 3.05) is 0 Å². The van der Waals surface area contributed by atoms with Crippen LogP contribution in [0.1, 0.15) is 20.5 Å². The summed E-state index contributed by atoms with van der Waals surface area (Å²) in [5.41, 5.74) is 0.730. The second kappa shape index (κ2) is 7.50. The van der Waals surface area contributed by atoms with E-state index < -0.39 is 32.6 Å². The number of hydrogen-bond donors (Lipinski definition) is 1. The van der Waals surface area contributed by atoms with Crippen LogP contribution in [0.4, 0.5) is 13.2 Å². The van der Waals surface area contributed by atoms with Crippen LogP contribution in [0.3, 0.4) is 0 Å². The third-order valence-electron chi connectivity index (χ3n) is 3.79. The number of carboxylic acid groups (broad SMARTS) is 1. The van der Waals surface area contributed by atoms with Crippen LogP contribution in [0.25, 0.3) is 21.3 Å². The van der Waals surface area contributed by atoms with Gasteiger partial charge >= 0.3 is 163 Å². The molecule has 2 aromatic carbocycles. The van der Waals surface area contributed by atoms with E-state index in [4.69, 9.17) is 0 Å². The molecule has 142 valence electrons. The number of halogens is 3. The molecule has 0 atom stereocenters. The fraction of sp³-hybridized carbons (Fsp3) is 0.105. The molecule has 1 heterocycles. The van der Waals surface area contributed by atoms with Crippen LogP contribution in [0.2, 0.25) is 0 Å². The number of aryl methyl sites for hydroxylation is 1. The van der Waals surface area contributed by atoms with E-state index in [2.05, 4.69) is 9.72 Å². The third kappa shape index (κ3) is 3.93. The van der Waals surface area contributed by atoms with Crippen molar-refractivity contribution in [1.29, 1.82) is 5.26 Å². The van der Waals surface area contributed by atoms with Crippen LogP contribution in [0, 0.1) is 18.3 Å². The molecular weight excluding hydrogens is 440 g/mol. The van der Waals surface area contributed by atoms with Gasteiger partial charge in [0.1, 0.15) is 0 Å². The van der Waals surface area contributed by atoms with Gasteiger partial charge < -0.3 is 0 Å². The summed E-state index contributed by atoms with van der Waals surface area (Å²) in [6, 6.07) is 13.2. The topological polar surface area (TPSA) is 83.2 Å². The van der Waals surface area contributed by atoms with Gasteiger partial charge in [-0.25, -0.2) is 0 Å². The molecule has 0 aliphatic carbocycles. The molecule has 0 unspecified atom stereocenters. The molecular formula is C19H11F3N2O3Se. The zero-order valence-electron chi connectivity index (χ0n) is 14.2. The Morgan fingerprint density at radius 3 is 2.36 bits per heavy atom. The first-order valence-corrected chi connectivity index (χ1v) is 9.52. The number of aromatic nitrogens is 1. The second-order valence-corrected chi connectivity index (χ2v) is 7.73. The maximum absolute atomic E-state index is 13.1. The fourth-order valence-electron chi connectivity index (χ4n) is 2.65. The summed E-state index contributed by atoms with van der Waals surface area (Å²) in [4.78, 5) is 15.4. The van der Waals surface area contributed by atoms with E-state index in [0.717, 1.165) is 0 Å². The zero-order valence-corrected chi connectivity index (χ0v) is 16.0. The Hall–Kier alpha value is -3.08. The number of nitrogens with zero attached hydrogens (tertiary/aromatic N) is 2. The van der Waals surface area contributed by atoms with E-state index in [1.807, 2.05) is 0 Å². The van der Waals surface area contributed by atoms with Crippen LogP contribution in [0.5, 0.6) is 5.75 Å². The number of hydrogen-bond acceptors (Lipinski definition) is 4. The van der Waals surface area contributed by atoms with Crippen LogP contribution >= 0.6 is 0 Å². The molecule has 0 spiro atoms. The van der Waals surface area contributed by atoms with E-state index in [0.29, 0.717) is 5.56 Å².